The van der Waals surface area contributed by atoms with Gasteiger partial charge in [0, 0.05) is 5.30 Å². The Kier molecular flexibility index (Phi) is 9.92. The van der Waals surface area contributed by atoms with Crippen LogP contribution in [0.15, 0.2) is 24.3 Å². The molecule has 0 unspecified atom stereocenters. The van der Waals surface area contributed by atoms with Crippen LogP contribution in [0.25, 0.3) is 0 Å². The van der Waals surface area contributed by atoms with Gasteiger partial charge in [-0.05, 0) is 30.9 Å². The second-order valence-electron chi connectivity index (χ2n) is 5.01. The van der Waals surface area contributed by atoms with E-state index in [1.54, 1.807) is 0 Å². The van der Waals surface area contributed by atoms with Gasteiger partial charge >= 0.3 is 0 Å². The van der Waals surface area contributed by atoms with Crippen molar-refractivity contribution in [2.75, 3.05) is 13.2 Å². The maximum absolute atomic E-state index is 6.04. The second kappa shape index (κ2) is 11.3. The Morgan fingerprint density at radius 3 is 2.00 bits per heavy atom. The van der Waals surface area contributed by atoms with Gasteiger partial charge < -0.3 is 9.05 Å². The second-order valence-corrected chi connectivity index (χ2v) is 6.52. The maximum atomic E-state index is 6.04. The first-order valence-corrected chi connectivity index (χ1v) is 9.15. The molecule has 0 bridgehead atoms. The number of benzene rings is 1. The number of aryl methyl sites for hydroxylation is 1. The third kappa shape index (κ3) is 6.35. The quantitative estimate of drug-likeness (QED) is 0.412. The molecule has 0 atom stereocenters. The van der Waals surface area contributed by atoms with Crippen LogP contribution >= 0.6 is 8.38 Å². The fourth-order valence-electron chi connectivity index (χ4n) is 1.93. The summed E-state index contributed by atoms with van der Waals surface area (Å²) in [5.41, 5.74) is 1.38. The van der Waals surface area contributed by atoms with Gasteiger partial charge in [0.25, 0.3) is 0 Å². The van der Waals surface area contributed by atoms with Crippen LogP contribution in [0.4, 0.5) is 0 Å². The SMILES string of the molecule is CCCCOP(OCCCC)c1ccccc1CCC. The highest BCUT2D eigenvalue weighted by Gasteiger charge is 2.17. The van der Waals surface area contributed by atoms with E-state index in [0.717, 1.165) is 51.7 Å². The molecule has 0 heterocycles. The minimum atomic E-state index is -0.911. The molecule has 0 aliphatic heterocycles. The molecule has 1 rings (SSSR count). The Morgan fingerprint density at radius 1 is 0.850 bits per heavy atom. The van der Waals surface area contributed by atoms with Crippen LogP contribution in [0, 0.1) is 0 Å². The van der Waals surface area contributed by atoms with E-state index in [-0.39, 0.29) is 0 Å². The lowest BCUT2D eigenvalue weighted by molar-refractivity contribution is 0.250. The van der Waals surface area contributed by atoms with E-state index in [4.69, 9.17) is 9.05 Å². The van der Waals surface area contributed by atoms with Crippen molar-refractivity contribution in [3.05, 3.63) is 29.8 Å². The molecular formula is C17H29O2P. The largest absolute Gasteiger partial charge is 0.331 e. The van der Waals surface area contributed by atoms with Crippen molar-refractivity contribution in [1.82, 2.24) is 0 Å². The Bertz CT molecular complexity index is 345. The standard InChI is InChI=1S/C17H29O2P/c1-4-7-14-18-20(19-15-8-5-2)17-13-10-9-12-16(17)11-6-3/h9-10,12-13H,4-8,11,14-15H2,1-3H3. The van der Waals surface area contributed by atoms with Gasteiger partial charge in [-0.3, -0.25) is 0 Å². The zero-order valence-electron chi connectivity index (χ0n) is 13.2. The zero-order valence-corrected chi connectivity index (χ0v) is 14.1. The van der Waals surface area contributed by atoms with Crippen molar-refractivity contribution >= 4 is 13.7 Å². The first-order chi connectivity index (χ1) is 9.83. The highest BCUT2D eigenvalue weighted by Crippen LogP contribution is 2.39. The lowest BCUT2D eigenvalue weighted by Crippen LogP contribution is -2.12. The van der Waals surface area contributed by atoms with Gasteiger partial charge in [0.1, 0.15) is 0 Å². The first-order valence-electron chi connectivity index (χ1n) is 7.97. The normalized spacial score (nSPS) is 11.2. The van der Waals surface area contributed by atoms with Crippen molar-refractivity contribution in [3.8, 4) is 0 Å². The topological polar surface area (TPSA) is 18.5 Å². The minimum absolute atomic E-state index is 0.800. The molecule has 0 fully saturated rings. The van der Waals surface area contributed by atoms with Crippen LogP contribution in [0.2, 0.25) is 0 Å². The van der Waals surface area contributed by atoms with Crippen molar-refractivity contribution < 1.29 is 9.05 Å². The highest BCUT2D eigenvalue weighted by molar-refractivity contribution is 7.56. The molecule has 1 aromatic rings. The summed E-state index contributed by atoms with van der Waals surface area (Å²) in [6, 6.07) is 8.59. The number of hydrogen-bond acceptors (Lipinski definition) is 2. The van der Waals surface area contributed by atoms with Gasteiger partial charge in [0.2, 0.25) is 8.38 Å². The average Bonchev–Trinajstić information content (AvgIpc) is 2.47. The average molecular weight is 296 g/mol. The fraction of sp³-hybridized carbons (Fsp3) is 0.647. The summed E-state index contributed by atoms with van der Waals surface area (Å²) in [6.07, 6.45) is 6.79. The molecular weight excluding hydrogens is 267 g/mol. The smallest absolute Gasteiger partial charge is 0.205 e. The molecule has 0 aliphatic carbocycles. The zero-order chi connectivity index (χ0) is 14.6. The van der Waals surface area contributed by atoms with E-state index in [0.29, 0.717) is 0 Å². The first kappa shape index (κ1) is 17.6. The Labute approximate surface area is 125 Å². The predicted octanol–water partition coefficient (Wildman–Crippen LogP) is 5.21. The molecule has 20 heavy (non-hydrogen) atoms. The summed E-state index contributed by atoms with van der Waals surface area (Å²) in [5, 5.41) is 1.27. The van der Waals surface area contributed by atoms with Gasteiger partial charge in [-0.15, -0.1) is 0 Å². The van der Waals surface area contributed by atoms with Gasteiger partial charge in [0.15, 0.2) is 0 Å². The van der Waals surface area contributed by atoms with Crippen LogP contribution in [-0.4, -0.2) is 13.2 Å². The van der Waals surface area contributed by atoms with E-state index >= 15 is 0 Å². The molecule has 3 heteroatoms. The molecule has 0 aromatic heterocycles. The van der Waals surface area contributed by atoms with Crippen molar-refractivity contribution in [2.24, 2.45) is 0 Å². The molecule has 0 saturated heterocycles. The van der Waals surface area contributed by atoms with E-state index in [1.165, 1.54) is 10.9 Å². The lowest BCUT2D eigenvalue weighted by atomic mass is 10.1. The molecule has 1 aromatic carbocycles. The minimum Gasteiger partial charge on any atom is -0.331 e. The lowest BCUT2D eigenvalue weighted by Gasteiger charge is -2.20. The number of rotatable bonds is 11. The van der Waals surface area contributed by atoms with Gasteiger partial charge in [0.05, 0.1) is 13.2 Å². The molecule has 0 radical (unpaired) electrons. The predicted molar refractivity (Wildman–Crippen MR) is 88.7 cm³/mol. The van der Waals surface area contributed by atoms with Crippen molar-refractivity contribution in [2.45, 2.75) is 59.3 Å². The monoisotopic (exact) mass is 296 g/mol. The highest BCUT2D eigenvalue weighted by atomic mass is 31.2. The van der Waals surface area contributed by atoms with Gasteiger partial charge in [-0.2, -0.15) is 0 Å². The van der Waals surface area contributed by atoms with Crippen LogP contribution < -0.4 is 5.30 Å². The summed E-state index contributed by atoms with van der Waals surface area (Å²) < 4.78 is 12.1. The van der Waals surface area contributed by atoms with Crippen LogP contribution in [-0.2, 0) is 15.5 Å². The fourth-order valence-corrected chi connectivity index (χ4v) is 3.50. The van der Waals surface area contributed by atoms with E-state index in [9.17, 15) is 0 Å². The van der Waals surface area contributed by atoms with Crippen LogP contribution in [0.3, 0.4) is 0 Å². The Balaban J connectivity index is 2.73. The molecule has 0 spiro atoms. The van der Waals surface area contributed by atoms with E-state index in [2.05, 4.69) is 45.0 Å². The summed E-state index contributed by atoms with van der Waals surface area (Å²) >= 11 is 0. The molecule has 0 saturated carbocycles. The number of hydrogen-bond donors (Lipinski definition) is 0. The molecule has 114 valence electrons. The number of unbranched alkanes of at least 4 members (excludes halogenated alkanes) is 2. The van der Waals surface area contributed by atoms with E-state index in [1.807, 2.05) is 0 Å². The van der Waals surface area contributed by atoms with E-state index < -0.39 is 8.38 Å². The summed E-state index contributed by atoms with van der Waals surface area (Å²) in [6.45, 7) is 8.20. The summed E-state index contributed by atoms with van der Waals surface area (Å²) in [4.78, 5) is 0. The summed E-state index contributed by atoms with van der Waals surface area (Å²) in [5.74, 6) is 0. The third-order valence-corrected chi connectivity index (χ3v) is 4.78. The Hall–Kier alpha value is -0.430. The summed E-state index contributed by atoms with van der Waals surface area (Å²) in [7, 11) is -0.911. The molecule has 2 nitrogen and oxygen atoms in total. The maximum Gasteiger partial charge on any atom is 0.205 e. The van der Waals surface area contributed by atoms with Crippen LogP contribution in [0.5, 0.6) is 0 Å². The van der Waals surface area contributed by atoms with Gasteiger partial charge in [-0.25, -0.2) is 0 Å². The van der Waals surface area contributed by atoms with Crippen molar-refractivity contribution in [3.63, 3.8) is 0 Å². The Morgan fingerprint density at radius 2 is 1.45 bits per heavy atom. The molecule has 0 N–H and O–H groups in total. The van der Waals surface area contributed by atoms with Crippen molar-refractivity contribution in [1.29, 1.82) is 0 Å². The van der Waals surface area contributed by atoms with Gasteiger partial charge in [-0.1, -0.05) is 58.2 Å². The third-order valence-electron chi connectivity index (χ3n) is 3.12. The molecule has 0 aliphatic rings. The van der Waals surface area contributed by atoms with Crippen LogP contribution in [0.1, 0.15) is 58.4 Å². The molecule has 0 amide bonds.